The summed E-state index contributed by atoms with van der Waals surface area (Å²) in [6, 6.07) is 4.59. The van der Waals surface area contributed by atoms with E-state index in [1.807, 2.05) is 0 Å². The second-order valence-electron chi connectivity index (χ2n) is 6.22. The zero-order valence-corrected chi connectivity index (χ0v) is 15.1. The van der Waals surface area contributed by atoms with Crippen molar-refractivity contribution in [2.24, 2.45) is 5.73 Å². The maximum atomic E-state index is 12.4. The fourth-order valence-corrected chi connectivity index (χ4v) is 4.20. The molecule has 0 saturated heterocycles. The highest BCUT2D eigenvalue weighted by Crippen LogP contribution is 2.36. The zero-order chi connectivity index (χ0) is 17.5. The molecule has 1 aromatic carbocycles. The van der Waals surface area contributed by atoms with E-state index in [1.54, 1.807) is 6.07 Å². The van der Waals surface area contributed by atoms with Crippen LogP contribution in [0.1, 0.15) is 31.5 Å². The molecule has 0 amide bonds. The highest BCUT2D eigenvalue weighted by Gasteiger charge is 2.36. The summed E-state index contributed by atoms with van der Waals surface area (Å²) >= 11 is 6.05. The van der Waals surface area contributed by atoms with Crippen LogP contribution in [-0.4, -0.2) is 37.0 Å². The number of hydrogen-bond acceptors (Lipinski definition) is 6. The van der Waals surface area contributed by atoms with E-state index in [2.05, 4.69) is 10.1 Å². The first-order valence-electron chi connectivity index (χ1n) is 7.59. The fraction of sp³-hybridized carbons (Fsp3) is 0.467. The van der Waals surface area contributed by atoms with Gasteiger partial charge in [-0.2, -0.15) is 4.98 Å². The van der Waals surface area contributed by atoms with Gasteiger partial charge < -0.3 is 10.3 Å². The summed E-state index contributed by atoms with van der Waals surface area (Å²) in [5.74, 6) is 0.690. The molecule has 3 rings (SSSR count). The molecule has 1 aliphatic carbocycles. The molecule has 2 N–H and O–H groups in total. The number of rotatable bonds is 4. The SMILES string of the molecule is CN(C)S(=O)(=O)c1cc(-c2nc(C3(N)CCCC3)no2)ccc1Cl. The molecule has 1 fully saturated rings. The second-order valence-corrected chi connectivity index (χ2v) is 8.75. The van der Waals surface area contributed by atoms with Gasteiger partial charge in [-0.1, -0.05) is 29.6 Å². The lowest BCUT2D eigenvalue weighted by Gasteiger charge is -2.17. The summed E-state index contributed by atoms with van der Waals surface area (Å²) in [4.78, 5) is 4.37. The summed E-state index contributed by atoms with van der Waals surface area (Å²) in [7, 11) is -0.780. The van der Waals surface area contributed by atoms with Gasteiger partial charge in [0.05, 0.1) is 10.6 Å². The molecule has 1 aromatic heterocycles. The van der Waals surface area contributed by atoms with Gasteiger partial charge in [-0.3, -0.25) is 0 Å². The van der Waals surface area contributed by atoms with Crippen molar-refractivity contribution in [2.45, 2.75) is 36.1 Å². The Balaban J connectivity index is 2.01. The third-order valence-electron chi connectivity index (χ3n) is 4.30. The van der Waals surface area contributed by atoms with Crippen LogP contribution in [0.4, 0.5) is 0 Å². The highest BCUT2D eigenvalue weighted by molar-refractivity contribution is 7.89. The van der Waals surface area contributed by atoms with Crippen LogP contribution in [0, 0.1) is 0 Å². The van der Waals surface area contributed by atoms with E-state index in [9.17, 15) is 8.42 Å². The number of halogens is 1. The maximum Gasteiger partial charge on any atom is 0.258 e. The van der Waals surface area contributed by atoms with Crippen LogP contribution in [0.15, 0.2) is 27.6 Å². The summed E-state index contributed by atoms with van der Waals surface area (Å²) in [6.07, 6.45) is 3.69. The molecule has 1 heterocycles. The predicted molar refractivity (Wildman–Crippen MR) is 90.0 cm³/mol. The van der Waals surface area contributed by atoms with E-state index >= 15 is 0 Å². The lowest BCUT2D eigenvalue weighted by atomic mass is 9.99. The van der Waals surface area contributed by atoms with E-state index in [-0.39, 0.29) is 15.8 Å². The molecule has 0 aliphatic heterocycles. The van der Waals surface area contributed by atoms with Crippen molar-refractivity contribution in [3.63, 3.8) is 0 Å². The molecule has 0 unspecified atom stereocenters. The normalized spacial score (nSPS) is 17.5. The van der Waals surface area contributed by atoms with E-state index in [0.29, 0.717) is 11.4 Å². The number of aromatic nitrogens is 2. The molecule has 0 spiro atoms. The molecule has 7 nitrogen and oxygen atoms in total. The highest BCUT2D eigenvalue weighted by atomic mass is 35.5. The summed E-state index contributed by atoms with van der Waals surface area (Å²) in [6.45, 7) is 0. The minimum atomic E-state index is -3.67. The van der Waals surface area contributed by atoms with E-state index in [1.165, 1.54) is 26.2 Å². The van der Waals surface area contributed by atoms with Crippen LogP contribution < -0.4 is 5.73 Å². The zero-order valence-electron chi connectivity index (χ0n) is 13.5. The molecule has 0 radical (unpaired) electrons. The van der Waals surface area contributed by atoms with Crippen molar-refractivity contribution < 1.29 is 12.9 Å². The van der Waals surface area contributed by atoms with Crippen LogP contribution in [0.2, 0.25) is 5.02 Å². The summed E-state index contributed by atoms with van der Waals surface area (Å²) in [5.41, 5.74) is 6.25. The van der Waals surface area contributed by atoms with Gasteiger partial charge in [0.2, 0.25) is 10.0 Å². The Morgan fingerprint density at radius 1 is 1.29 bits per heavy atom. The molecule has 0 bridgehead atoms. The number of sulfonamides is 1. The predicted octanol–water partition coefficient (Wildman–Crippen LogP) is 2.37. The molecule has 9 heteroatoms. The largest absolute Gasteiger partial charge is 0.334 e. The molecule has 2 aromatic rings. The number of nitrogens with two attached hydrogens (primary N) is 1. The average molecular weight is 371 g/mol. The second kappa shape index (κ2) is 6.11. The molecule has 1 aliphatic rings. The molecule has 0 atom stereocenters. The van der Waals surface area contributed by atoms with Gasteiger partial charge >= 0.3 is 0 Å². The van der Waals surface area contributed by atoms with Crippen molar-refractivity contribution in [1.29, 1.82) is 0 Å². The average Bonchev–Trinajstić information content (AvgIpc) is 3.17. The summed E-state index contributed by atoms with van der Waals surface area (Å²) < 4.78 is 31.1. The minimum absolute atomic E-state index is 0.00487. The first-order valence-corrected chi connectivity index (χ1v) is 9.41. The third kappa shape index (κ3) is 2.95. The van der Waals surface area contributed by atoms with Crippen molar-refractivity contribution >= 4 is 21.6 Å². The monoisotopic (exact) mass is 370 g/mol. The molecular weight excluding hydrogens is 352 g/mol. The topological polar surface area (TPSA) is 102 Å². The molecule has 1 saturated carbocycles. The van der Waals surface area contributed by atoms with Crippen LogP contribution in [0.3, 0.4) is 0 Å². The molecule has 24 heavy (non-hydrogen) atoms. The lowest BCUT2D eigenvalue weighted by molar-refractivity contribution is 0.372. The Morgan fingerprint density at radius 3 is 2.58 bits per heavy atom. The Kier molecular flexibility index (Phi) is 4.41. The summed E-state index contributed by atoms with van der Waals surface area (Å²) in [5, 5.41) is 4.13. The van der Waals surface area contributed by atoms with Gasteiger partial charge in [-0.05, 0) is 31.0 Å². The van der Waals surface area contributed by atoms with Gasteiger partial charge in [0.1, 0.15) is 4.90 Å². The van der Waals surface area contributed by atoms with Crippen molar-refractivity contribution in [3.05, 3.63) is 29.0 Å². The first kappa shape index (κ1) is 17.3. The van der Waals surface area contributed by atoms with Crippen molar-refractivity contribution in [2.75, 3.05) is 14.1 Å². The van der Waals surface area contributed by atoms with Gasteiger partial charge in [0, 0.05) is 19.7 Å². The Bertz CT molecular complexity index is 857. The molecule has 130 valence electrons. The van der Waals surface area contributed by atoms with Gasteiger partial charge in [-0.25, -0.2) is 12.7 Å². The van der Waals surface area contributed by atoms with Crippen LogP contribution in [0.5, 0.6) is 0 Å². The van der Waals surface area contributed by atoms with E-state index < -0.39 is 15.6 Å². The number of benzene rings is 1. The van der Waals surface area contributed by atoms with Crippen LogP contribution >= 0.6 is 11.6 Å². The van der Waals surface area contributed by atoms with Crippen molar-refractivity contribution in [3.8, 4) is 11.5 Å². The maximum absolute atomic E-state index is 12.4. The van der Waals surface area contributed by atoms with Crippen LogP contribution in [-0.2, 0) is 15.6 Å². The standard InChI is InChI=1S/C15H19ClN4O3S/c1-20(2)24(21,22)12-9-10(5-6-11(12)16)13-18-14(19-23-13)15(17)7-3-4-8-15/h5-6,9H,3-4,7-8,17H2,1-2H3. The van der Waals surface area contributed by atoms with E-state index in [0.717, 1.165) is 30.0 Å². The lowest BCUT2D eigenvalue weighted by Crippen LogP contribution is -2.34. The fourth-order valence-electron chi connectivity index (χ4n) is 2.80. The number of nitrogens with zero attached hydrogens (tertiary/aromatic N) is 3. The Hall–Kier alpha value is -1.48. The van der Waals surface area contributed by atoms with Gasteiger partial charge in [0.25, 0.3) is 5.89 Å². The Morgan fingerprint density at radius 2 is 1.96 bits per heavy atom. The number of hydrogen-bond donors (Lipinski definition) is 1. The first-order chi connectivity index (χ1) is 11.2. The minimum Gasteiger partial charge on any atom is -0.334 e. The Labute approximate surface area is 145 Å². The van der Waals surface area contributed by atoms with Gasteiger partial charge in [0.15, 0.2) is 5.82 Å². The van der Waals surface area contributed by atoms with Gasteiger partial charge in [-0.15, -0.1) is 0 Å². The smallest absolute Gasteiger partial charge is 0.258 e. The van der Waals surface area contributed by atoms with E-state index in [4.69, 9.17) is 21.9 Å². The third-order valence-corrected chi connectivity index (χ3v) is 6.60. The van der Waals surface area contributed by atoms with Crippen LogP contribution in [0.25, 0.3) is 11.5 Å². The quantitative estimate of drug-likeness (QED) is 0.886. The molecular formula is C15H19ClN4O3S. The van der Waals surface area contributed by atoms with Crippen molar-refractivity contribution in [1.82, 2.24) is 14.4 Å².